The van der Waals surface area contributed by atoms with Gasteiger partial charge in [-0.25, -0.2) is 14.2 Å². The van der Waals surface area contributed by atoms with Gasteiger partial charge in [-0.1, -0.05) is 12.1 Å². The van der Waals surface area contributed by atoms with Crippen molar-refractivity contribution in [3.8, 4) is 11.3 Å². The van der Waals surface area contributed by atoms with Crippen molar-refractivity contribution in [1.29, 1.82) is 0 Å². The number of amides is 2. The fraction of sp³-hybridized carbons (Fsp3) is 0.276. The van der Waals surface area contributed by atoms with Gasteiger partial charge in [-0.15, -0.1) is 4.99 Å². The lowest BCUT2D eigenvalue weighted by Crippen LogP contribution is -2.31. The summed E-state index contributed by atoms with van der Waals surface area (Å²) in [6, 6.07) is 9.56. The molecule has 0 spiro atoms. The Morgan fingerprint density at radius 1 is 1.17 bits per heavy atom. The summed E-state index contributed by atoms with van der Waals surface area (Å²) in [5.41, 5.74) is -0.162. The van der Waals surface area contributed by atoms with Crippen molar-refractivity contribution < 1.29 is 32.3 Å². The Bertz CT molecular complexity index is 1740. The summed E-state index contributed by atoms with van der Waals surface area (Å²) in [5, 5.41) is 12.1. The highest BCUT2D eigenvalue weighted by atomic mass is 19.4. The second-order valence-electron chi connectivity index (χ2n) is 10.2. The highest BCUT2D eigenvalue weighted by Crippen LogP contribution is 2.41. The number of hydrogen-bond donors (Lipinski definition) is 2. The smallest absolute Gasteiger partial charge is 0.434 e. The molecule has 2 amide bonds. The number of pyridine rings is 2. The first-order valence-corrected chi connectivity index (χ1v) is 13.0. The van der Waals surface area contributed by atoms with E-state index in [1.54, 1.807) is 38.5 Å². The van der Waals surface area contributed by atoms with E-state index in [-0.39, 0.29) is 40.8 Å². The predicted octanol–water partition coefficient (Wildman–Crippen LogP) is 5.26. The lowest BCUT2D eigenvalue weighted by Gasteiger charge is -2.20. The average molecular weight is 583 g/mol. The molecule has 1 saturated carbocycles. The van der Waals surface area contributed by atoms with Gasteiger partial charge >= 0.3 is 12.3 Å². The van der Waals surface area contributed by atoms with Crippen LogP contribution in [0.3, 0.4) is 0 Å². The molecule has 0 aliphatic heterocycles. The highest BCUT2D eigenvalue weighted by Gasteiger charge is 2.37. The lowest BCUT2D eigenvalue weighted by atomic mass is 9.99. The molecular formula is C29H26F4N6O3. The normalized spacial score (nSPS) is 14.6. The minimum atomic E-state index is -4.78. The molecule has 0 bridgehead atoms. The second kappa shape index (κ2) is 11.2. The Morgan fingerprint density at radius 3 is 2.60 bits per heavy atom. The number of benzene rings is 1. The number of carbonyl (C=O) groups excluding carboxylic acids is 1. The van der Waals surface area contributed by atoms with Crippen molar-refractivity contribution in [3.05, 3.63) is 101 Å². The van der Waals surface area contributed by atoms with E-state index in [1.807, 2.05) is 0 Å². The molecule has 0 unspecified atom stereocenters. The minimum Gasteiger partial charge on any atom is -0.463 e. The molecule has 13 heteroatoms. The van der Waals surface area contributed by atoms with Gasteiger partial charge in [0.1, 0.15) is 11.5 Å². The summed E-state index contributed by atoms with van der Waals surface area (Å²) in [6.45, 7) is 1.60. The Morgan fingerprint density at radius 2 is 1.93 bits per heavy atom. The van der Waals surface area contributed by atoms with Gasteiger partial charge < -0.3 is 19.6 Å². The van der Waals surface area contributed by atoms with Crippen molar-refractivity contribution in [2.75, 3.05) is 0 Å². The Hall–Kier alpha value is -4.81. The third-order valence-corrected chi connectivity index (χ3v) is 6.98. The first-order valence-electron chi connectivity index (χ1n) is 13.0. The number of carbonyl (C=O) groups is 2. The monoisotopic (exact) mass is 582 g/mol. The van der Waals surface area contributed by atoms with Crippen LogP contribution in [-0.4, -0.2) is 36.2 Å². The molecule has 1 atom stereocenters. The summed E-state index contributed by atoms with van der Waals surface area (Å²) in [6.07, 6.45) is -0.341. The number of imidazole rings is 1. The van der Waals surface area contributed by atoms with Gasteiger partial charge in [-0.3, -0.25) is 9.78 Å². The second-order valence-corrected chi connectivity index (χ2v) is 10.2. The van der Waals surface area contributed by atoms with Crippen molar-refractivity contribution in [3.63, 3.8) is 0 Å². The topological polar surface area (TPSA) is 114 Å². The molecule has 0 saturated heterocycles. The SMILES string of the molecule is Cc1cc([C@@H](NC(=O)c2cc(Cn3ccn(C)c3=NC(=O)O)cc(-c3cccnc3C(F)(F)F)n2)C2CC2)ccc1F. The largest absolute Gasteiger partial charge is 0.463 e. The van der Waals surface area contributed by atoms with E-state index in [9.17, 15) is 32.3 Å². The third kappa shape index (κ3) is 6.24. The van der Waals surface area contributed by atoms with Gasteiger partial charge in [0, 0.05) is 31.2 Å². The molecule has 5 rings (SSSR count). The molecule has 218 valence electrons. The van der Waals surface area contributed by atoms with Crippen LogP contribution in [-0.2, 0) is 19.8 Å². The molecule has 4 aromatic rings. The fourth-order valence-corrected chi connectivity index (χ4v) is 4.82. The van der Waals surface area contributed by atoms with Crippen LogP contribution >= 0.6 is 0 Å². The molecule has 1 fully saturated rings. The number of rotatable bonds is 7. The average Bonchev–Trinajstić information content (AvgIpc) is 3.73. The van der Waals surface area contributed by atoms with E-state index >= 15 is 0 Å². The maximum absolute atomic E-state index is 13.9. The number of alkyl halides is 3. The maximum Gasteiger partial charge on any atom is 0.434 e. The summed E-state index contributed by atoms with van der Waals surface area (Å²) in [4.78, 5) is 36.3. The Labute approximate surface area is 237 Å². The number of aromatic nitrogens is 4. The number of nitrogens with one attached hydrogen (secondary N) is 1. The van der Waals surface area contributed by atoms with E-state index in [1.165, 1.54) is 39.5 Å². The first kappa shape index (κ1) is 28.7. The maximum atomic E-state index is 13.9. The molecule has 1 aliphatic carbocycles. The summed E-state index contributed by atoms with van der Waals surface area (Å²) < 4.78 is 58.5. The van der Waals surface area contributed by atoms with Crippen LogP contribution in [0.2, 0.25) is 0 Å². The molecule has 1 aromatic carbocycles. The molecule has 3 heterocycles. The highest BCUT2D eigenvalue weighted by molar-refractivity contribution is 5.93. The van der Waals surface area contributed by atoms with Crippen LogP contribution in [0.25, 0.3) is 11.3 Å². The lowest BCUT2D eigenvalue weighted by molar-refractivity contribution is -0.140. The summed E-state index contributed by atoms with van der Waals surface area (Å²) in [5.74, 6) is -0.873. The predicted molar refractivity (Wildman–Crippen MR) is 143 cm³/mol. The molecule has 42 heavy (non-hydrogen) atoms. The molecule has 9 nitrogen and oxygen atoms in total. The van der Waals surface area contributed by atoms with Gasteiger partial charge in [0.05, 0.1) is 18.3 Å². The zero-order chi connectivity index (χ0) is 30.2. The van der Waals surface area contributed by atoms with E-state index in [0.717, 1.165) is 19.0 Å². The van der Waals surface area contributed by atoms with Crippen LogP contribution in [0.5, 0.6) is 0 Å². The molecule has 1 aliphatic rings. The van der Waals surface area contributed by atoms with E-state index in [0.29, 0.717) is 16.7 Å². The van der Waals surface area contributed by atoms with E-state index in [2.05, 4.69) is 20.3 Å². The number of halogens is 4. The van der Waals surface area contributed by atoms with Gasteiger partial charge in [0.2, 0.25) is 5.62 Å². The van der Waals surface area contributed by atoms with Crippen LogP contribution in [0.15, 0.2) is 66.0 Å². The standard InChI is InChI=1S/C29H26F4N6O3/c1-16-12-19(7-8-21(16)30)24(18-5-6-18)36-26(40)23-14-17(15-39-11-10-38(2)27(39)37-28(41)42)13-22(35-23)20-4-3-9-34-25(20)29(31,32)33/h3-4,7-14,18,24H,5-6,15H2,1-2H3,(H,36,40)(H,41,42)/t24-/m0/s1. The van der Waals surface area contributed by atoms with Crippen molar-refractivity contribution >= 4 is 12.0 Å². The first-order chi connectivity index (χ1) is 19.9. The minimum absolute atomic E-state index is 0.0203. The number of carboxylic acid groups (broad SMARTS) is 1. The van der Waals surface area contributed by atoms with Crippen LogP contribution in [0.4, 0.5) is 22.4 Å². The number of aryl methyl sites for hydroxylation is 2. The summed E-state index contributed by atoms with van der Waals surface area (Å²) in [7, 11) is 1.59. The zero-order valence-electron chi connectivity index (χ0n) is 22.6. The van der Waals surface area contributed by atoms with Crippen LogP contribution in [0.1, 0.15) is 51.8 Å². The van der Waals surface area contributed by atoms with E-state index in [4.69, 9.17) is 0 Å². The van der Waals surface area contributed by atoms with Gasteiger partial charge in [-0.2, -0.15) is 13.2 Å². The quantitative estimate of drug-likeness (QED) is 0.289. The van der Waals surface area contributed by atoms with Crippen molar-refractivity contribution in [2.24, 2.45) is 18.0 Å². The van der Waals surface area contributed by atoms with Crippen LogP contribution in [0, 0.1) is 18.7 Å². The van der Waals surface area contributed by atoms with Gasteiger partial charge in [0.15, 0.2) is 5.69 Å². The van der Waals surface area contributed by atoms with Gasteiger partial charge in [-0.05, 0) is 72.7 Å². The summed E-state index contributed by atoms with van der Waals surface area (Å²) >= 11 is 0. The van der Waals surface area contributed by atoms with Crippen molar-refractivity contribution in [1.82, 2.24) is 24.4 Å². The zero-order valence-corrected chi connectivity index (χ0v) is 22.6. The molecule has 3 aromatic heterocycles. The van der Waals surface area contributed by atoms with Crippen molar-refractivity contribution in [2.45, 2.75) is 38.5 Å². The number of hydrogen-bond acceptors (Lipinski definition) is 4. The molecule has 2 N–H and O–H groups in total. The van der Waals surface area contributed by atoms with E-state index < -0.39 is 29.9 Å². The Kier molecular flexibility index (Phi) is 7.67. The van der Waals surface area contributed by atoms with Gasteiger partial charge in [0.25, 0.3) is 5.91 Å². The molecular weight excluding hydrogens is 556 g/mol. The van der Waals surface area contributed by atoms with Crippen LogP contribution < -0.4 is 10.9 Å². The number of nitrogens with zero attached hydrogens (tertiary/aromatic N) is 5. The molecule has 0 radical (unpaired) electrons. The fourth-order valence-electron chi connectivity index (χ4n) is 4.82. The third-order valence-electron chi connectivity index (χ3n) is 6.98. The Balaban J connectivity index is 1.58.